The molecule has 18 heavy (non-hydrogen) atoms. The second kappa shape index (κ2) is 5.06. The van der Waals surface area contributed by atoms with E-state index in [-0.39, 0.29) is 11.6 Å². The average molecular weight is 353 g/mol. The topological polar surface area (TPSA) is 46.2 Å². The average Bonchev–Trinajstić information content (AvgIpc) is 2.40. The van der Waals surface area contributed by atoms with Gasteiger partial charge >= 0.3 is 0 Å². The van der Waals surface area contributed by atoms with Gasteiger partial charge in [0.2, 0.25) is 5.78 Å². The molecule has 4 heteroatoms. The monoisotopic (exact) mass is 353 g/mol. The van der Waals surface area contributed by atoms with Gasteiger partial charge in [0, 0.05) is 16.8 Å². The molecule has 0 unspecified atom stereocenters. The van der Waals surface area contributed by atoms with Crippen LogP contribution in [0.25, 0.3) is 0 Å². The molecule has 1 N–H and O–H groups in total. The van der Waals surface area contributed by atoms with Crippen molar-refractivity contribution in [2.75, 3.05) is 5.32 Å². The fourth-order valence-corrected chi connectivity index (χ4v) is 2.47. The third-order valence-electron chi connectivity index (χ3n) is 2.93. The van der Waals surface area contributed by atoms with Crippen LogP contribution in [0.2, 0.25) is 0 Å². The van der Waals surface area contributed by atoms with Crippen LogP contribution in [0.1, 0.15) is 13.8 Å². The van der Waals surface area contributed by atoms with Crippen molar-refractivity contribution < 1.29 is 9.59 Å². The zero-order valence-corrected chi connectivity index (χ0v) is 12.2. The van der Waals surface area contributed by atoms with Crippen molar-refractivity contribution in [1.29, 1.82) is 0 Å². The zero-order valence-electron chi connectivity index (χ0n) is 10.1. The summed E-state index contributed by atoms with van der Waals surface area (Å²) in [5.41, 5.74) is 2.21. The molecule has 0 aromatic heterocycles. The Morgan fingerprint density at radius 1 is 0.944 bits per heavy atom. The lowest BCUT2D eigenvalue weighted by Crippen LogP contribution is -2.23. The van der Waals surface area contributed by atoms with E-state index < -0.39 is 0 Å². The Hall–Kier alpha value is -1.43. The van der Waals surface area contributed by atoms with Crippen LogP contribution < -0.4 is 5.32 Å². The van der Waals surface area contributed by atoms with Crippen LogP contribution in [-0.2, 0) is 9.59 Å². The summed E-state index contributed by atoms with van der Waals surface area (Å²) in [7, 11) is 0. The second-order valence-electron chi connectivity index (χ2n) is 4.09. The molecule has 0 amide bonds. The predicted octanol–water partition coefficient (Wildman–Crippen LogP) is 3.23. The van der Waals surface area contributed by atoms with Crippen LogP contribution in [0.3, 0.4) is 0 Å². The first-order valence-electron chi connectivity index (χ1n) is 5.51. The smallest absolute Gasteiger partial charge is 0.206 e. The molecule has 0 bridgehead atoms. The minimum Gasteiger partial charge on any atom is -0.351 e. The van der Waals surface area contributed by atoms with Gasteiger partial charge in [0.05, 0.1) is 3.58 Å². The maximum Gasteiger partial charge on any atom is 0.206 e. The van der Waals surface area contributed by atoms with Crippen molar-refractivity contribution in [3.63, 3.8) is 0 Å². The first-order chi connectivity index (χ1) is 8.52. The van der Waals surface area contributed by atoms with Gasteiger partial charge in [-0.25, -0.2) is 0 Å². The zero-order chi connectivity index (χ0) is 13.3. The van der Waals surface area contributed by atoms with Crippen molar-refractivity contribution in [2.45, 2.75) is 13.8 Å². The normalized spacial score (nSPS) is 16.4. The van der Waals surface area contributed by atoms with Gasteiger partial charge in [-0.05, 0) is 48.6 Å². The summed E-state index contributed by atoms with van der Waals surface area (Å²) < 4.78 is 0.449. The van der Waals surface area contributed by atoms with Crippen molar-refractivity contribution in [3.05, 3.63) is 50.8 Å². The van der Waals surface area contributed by atoms with Crippen LogP contribution in [0.4, 0.5) is 5.69 Å². The van der Waals surface area contributed by atoms with Gasteiger partial charge in [-0.2, -0.15) is 0 Å². The maximum absolute atomic E-state index is 12.2. The first kappa shape index (κ1) is 13.0. The van der Waals surface area contributed by atoms with Gasteiger partial charge in [0.15, 0.2) is 5.78 Å². The number of rotatable bonds is 2. The second-order valence-corrected chi connectivity index (χ2v) is 5.17. The van der Waals surface area contributed by atoms with E-state index in [1.807, 2.05) is 52.9 Å². The number of hydrogen-bond acceptors (Lipinski definition) is 3. The number of Topliss-reactive ketones (excluding diaryl/α,β-unsaturated/α-hetero) is 2. The molecule has 1 aromatic rings. The SMILES string of the molecule is CC1=C(C)C(=O)C(Nc2ccccc2)=C(I)C1=O. The lowest BCUT2D eigenvalue weighted by Gasteiger charge is -2.18. The molecular weight excluding hydrogens is 341 g/mol. The van der Waals surface area contributed by atoms with Crippen LogP contribution in [0.15, 0.2) is 50.8 Å². The highest BCUT2D eigenvalue weighted by atomic mass is 127. The molecule has 0 saturated carbocycles. The van der Waals surface area contributed by atoms with Crippen molar-refractivity contribution in [2.24, 2.45) is 0 Å². The van der Waals surface area contributed by atoms with Crippen molar-refractivity contribution in [3.8, 4) is 0 Å². The number of hydrogen-bond donors (Lipinski definition) is 1. The van der Waals surface area contributed by atoms with Gasteiger partial charge in [0.1, 0.15) is 5.70 Å². The Kier molecular flexibility index (Phi) is 3.65. The molecule has 0 aliphatic heterocycles. The lowest BCUT2D eigenvalue weighted by atomic mass is 9.95. The lowest BCUT2D eigenvalue weighted by molar-refractivity contribution is -0.115. The van der Waals surface area contributed by atoms with Crippen LogP contribution >= 0.6 is 22.6 Å². The molecule has 0 radical (unpaired) electrons. The van der Waals surface area contributed by atoms with E-state index in [4.69, 9.17) is 0 Å². The van der Waals surface area contributed by atoms with Crippen LogP contribution in [0, 0.1) is 0 Å². The third kappa shape index (κ3) is 2.25. The molecule has 1 aliphatic carbocycles. The summed E-state index contributed by atoms with van der Waals surface area (Å²) in [6, 6.07) is 9.36. The summed E-state index contributed by atoms with van der Waals surface area (Å²) in [6.45, 7) is 3.37. The fourth-order valence-electron chi connectivity index (χ4n) is 1.68. The van der Waals surface area contributed by atoms with Gasteiger partial charge in [-0.1, -0.05) is 18.2 Å². The summed E-state index contributed by atoms with van der Waals surface area (Å²) >= 11 is 1.92. The molecule has 1 aliphatic rings. The predicted molar refractivity (Wildman–Crippen MR) is 79.5 cm³/mol. The number of para-hydroxylation sites is 1. The van der Waals surface area contributed by atoms with E-state index in [0.29, 0.717) is 20.4 Å². The van der Waals surface area contributed by atoms with E-state index in [2.05, 4.69) is 5.32 Å². The van der Waals surface area contributed by atoms with E-state index in [1.54, 1.807) is 13.8 Å². The van der Waals surface area contributed by atoms with Crippen molar-refractivity contribution >= 4 is 39.8 Å². The largest absolute Gasteiger partial charge is 0.351 e. The molecule has 0 spiro atoms. The third-order valence-corrected chi connectivity index (χ3v) is 3.96. The van der Waals surface area contributed by atoms with Gasteiger partial charge in [0.25, 0.3) is 0 Å². The molecule has 2 rings (SSSR count). The van der Waals surface area contributed by atoms with Crippen LogP contribution in [-0.4, -0.2) is 11.6 Å². The Morgan fingerprint density at radius 3 is 2.11 bits per heavy atom. The summed E-state index contributed by atoms with van der Waals surface area (Å²) in [5.74, 6) is -0.188. The van der Waals surface area contributed by atoms with Gasteiger partial charge in [-0.3, -0.25) is 9.59 Å². The highest BCUT2D eigenvalue weighted by Crippen LogP contribution is 2.29. The number of anilines is 1. The number of ketones is 2. The number of nitrogens with one attached hydrogen (secondary N) is 1. The molecule has 0 fully saturated rings. The van der Waals surface area contributed by atoms with Crippen LogP contribution in [0.5, 0.6) is 0 Å². The highest BCUT2D eigenvalue weighted by Gasteiger charge is 2.28. The number of carbonyl (C=O) groups is 2. The highest BCUT2D eigenvalue weighted by molar-refractivity contribution is 14.1. The van der Waals surface area contributed by atoms with Gasteiger partial charge in [-0.15, -0.1) is 0 Å². The number of halogens is 1. The van der Waals surface area contributed by atoms with E-state index in [0.717, 1.165) is 5.69 Å². The summed E-state index contributed by atoms with van der Waals surface area (Å²) in [6.07, 6.45) is 0. The molecule has 3 nitrogen and oxygen atoms in total. The standard InChI is InChI=1S/C14H12INO2/c1-8-9(2)14(18)12(11(15)13(8)17)16-10-6-4-3-5-7-10/h3-7,16H,1-2H3. The van der Waals surface area contributed by atoms with Crippen molar-refractivity contribution in [1.82, 2.24) is 0 Å². The minimum absolute atomic E-state index is 0.0777. The fraction of sp³-hybridized carbons (Fsp3) is 0.143. The molecule has 0 saturated heterocycles. The number of allylic oxidation sites excluding steroid dienone is 3. The Balaban J connectivity index is 2.39. The molecular formula is C14H12INO2. The number of carbonyl (C=O) groups excluding carboxylic acids is 2. The van der Waals surface area contributed by atoms with E-state index in [1.165, 1.54) is 0 Å². The van der Waals surface area contributed by atoms with Gasteiger partial charge < -0.3 is 5.32 Å². The quantitative estimate of drug-likeness (QED) is 0.656. The molecule has 0 heterocycles. The number of benzene rings is 1. The first-order valence-corrected chi connectivity index (χ1v) is 6.59. The minimum atomic E-state index is -0.111. The Bertz CT molecular complexity index is 585. The Morgan fingerprint density at radius 2 is 1.50 bits per heavy atom. The van der Waals surface area contributed by atoms with E-state index in [9.17, 15) is 9.59 Å². The molecule has 92 valence electrons. The molecule has 1 aromatic carbocycles. The van der Waals surface area contributed by atoms with E-state index >= 15 is 0 Å². The molecule has 0 atom stereocenters. The maximum atomic E-state index is 12.2. The summed E-state index contributed by atoms with van der Waals surface area (Å²) in [5, 5.41) is 3.03. The Labute approximate surface area is 119 Å². The summed E-state index contributed by atoms with van der Waals surface area (Å²) in [4.78, 5) is 24.1.